The maximum Gasteiger partial charge on any atom is 0.229 e. The highest BCUT2D eigenvalue weighted by Crippen LogP contribution is 2.26. The third kappa shape index (κ3) is 4.79. The first-order valence-corrected chi connectivity index (χ1v) is 6.36. The molecule has 114 valence electrons. The molecular weight excluding hydrogens is 270 g/mol. The van der Waals surface area contributed by atoms with Gasteiger partial charge in [0.25, 0.3) is 0 Å². The van der Waals surface area contributed by atoms with Crippen LogP contribution in [0.3, 0.4) is 0 Å². The number of hydrogen-bond donors (Lipinski definition) is 3. The number of carbonyl (C=O) groups is 1. The summed E-state index contributed by atoms with van der Waals surface area (Å²) in [5.74, 6) is 0.282. The average Bonchev–Trinajstić information content (AvgIpc) is 2.38. The lowest BCUT2D eigenvalue weighted by Gasteiger charge is -2.19. The molecule has 0 unspecified atom stereocenters. The summed E-state index contributed by atoms with van der Waals surface area (Å²) in [6.45, 7) is 5.49. The molecule has 5 N–H and O–H groups in total. The predicted octanol–water partition coefficient (Wildman–Crippen LogP) is 1.29. The zero-order chi connectivity index (χ0) is 16.0. The minimum absolute atomic E-state index is 0.118. The second kappa shape index (κ2) is 6.74. The van der Waals surface area contributed by atoms with Crippen LogP contribution in [-0.4, -0.2) is 25.2 Å². The van der Waals surface area contributed by atoms with Crippen molar-refractivity contribution in [1.82, 2.24) is 0 Å². The number of rotatable bonds is 4. The maximum absolute atomic E-state index is 12.1. The number of hydrogen-bond acceptors (Lipinski definition) is 4. The molecule has 7 heteroatoms. The van der Waals surface area contributed by atoms with Crippen LogP contribution in [0.4, 0.5) is 5.69 Å². The first-order chi connectivity index (χ1) is 9.75. The molecule has 0 aliphatic heterocycles. The normalized spacial score (nSPS) is 11.2. The summed E-state index contributed by atoms with van der Waals surface area (Å²) in [6, 6.07) is 5.28. The van der Waals surface area contributed by atoms with Crippen molar-refractivity contribution >= 4 is 23.8 Å². The van der Waals surface area contributed by atoms with E-state index in [4.69, 9.17) is 16.2 Å². The zero-order valence-corrected chi connectivity index (χ0v) is 12.7. The van der Waals surface area contributed by atoms with Gasteiger partial charge in [0.2, 0.25) is 11.9 Å². The van der Waals surface area contributed by atoms with Gasteiger partial charge in [0.05, 0.1) is 24.6 Å². The van der Waals surface area contributed by atoms with Gasteiger partial charge < -0.3 is 21.5 Å². The minimum atomic E-state index is -0.517. The van der Waals surface area contributed by atoms with Gasteiger partial charge >= 0.3 is 0 Å². The Balaban J connectivity index is 3.17. The van der Waals surface area contributed by atoms with Crippen LogP contribution in [0.25, 0.3) is 0 Å². The molecule has 0 radical (unpaired) electrons. The molecule has 0 aliphatic carbocycles. The van der Waals surface area contributed by atoms with E-state index in [0.29, 0.717) is 17.0 Å². The highest BCUT2D eigenvalue weighted by Gasteiger charge is 2.22. The number of guanidine groups is 1. The number of carbonyl (C=O) groups excluding carboxylic acids is 1. The van der Waals surface area contributed by atoms with Gasteiger partial charge in [0.1, 0.15) is 5.75 Å². The Morgan fingerprint density at radius 1 is 1.33 bits per heavy atom. The Kier molecular flexibility index (Phi) is 5.29. The summed E-state index contributed by atoms with van der Waals surface area (Å²) < 4.78 is 5.26. The molecular formula is C14H21N5O2. The van der Waals surface area contributed by atoms with Crippen molar-refractivity contribution in [2.45, 2.75) is 20.8 Å². The van der Waals surface area contributed by atoms with E-state index in [1.807, 2.05) is 20.8 Å². The quantitative estimate of drug-likeness (QED) is 0.440. The van der Waals surface area contributed by atoms with Crippen LogP contribution in [0.2, 0.25) is 0 Å². The third-order valence-corrected chi connectivity index (χ3v) is 2.58. The van der Waals surface area contributed by atoms with Gasteiger partial charge in [-0.25, -0.2) is 0 Å². The molecule has 0 atom stereocenters. The van der Waals surface area contributed by atoms with E-state index >= 15 is 0 Å². The first-order valence-electron chi connectivity index (χ1n) is 6.36. The smallest absolute Gasteiger partial charge is 0.229 e. The maximum atomic E-state index is 12.1. The second-order valence-corrected chi connectivity index (χ2v) is 5.40. The molecule has 0 aliphatic rings. The Bertz CT molecular complexity index is 569. The summed E-state index contributed by atoms with van der Waals surface area (Å²) in [5, 5.41) is 10.1. The van der Waals surface area contributed by atoms with E-state index in [1.165, 1.54) is 13.3 Å². The molecule has 1 rings (SSSR count). The van der Waals surface area contributed by atoms with E-state index in [0.717, 1.165) is 0 Å². The van der Waals surface area contributed by atoms with Crippen molar-refractivity contribution < 1.29 is 9.53 Å². The lowest BCUT2D eigenvalue weighted by molar-refractivity contribution is -0.123. The predicted molar refractivity (Wildman–Crippen MR) is 84.5 cm³/mol. The van der Waals surface area contributed by atoms with E-state index in [9.17, 15) is 4.79 Å². The molecule has 0 aromatic heterocycles. The average molecular weight is 291 g/mol. The number of nitrogens with two attached hydrogens (primary N) is 2. The summed E-state index contributed by atoms with van der Waals surface area (Å²) in [6.07, 6.45) is 1.43. The van der Waals surface area contributed by atoms with Gasteiger partial charge in [0.15, 0.2) is 0 Å². The molecule has 1 aromatic rings. The fourth-order valence-corrected chi connectivity index (χ4v) is 1.43. The number of methoxy groups -OCH3 is 1. The van der Waals surface area contributed by atoms with Crippen molar-refractivity contribution in [1.29, 1.82) is 0 Å². The van der Waals surface area contributed by atoms with Crippen LogP contribution >= 0.6 is 0 Å². The van der Waals surface area contributed by atoms with E-state index in [-0.39, 0.29) is 11.9 Å². The van der Waals surface area contributed by atoms with Crippen molar-refractivity contribution in [3.8, 4) is 5.75 Å². The molecule has 0 saturated carbocycles. The van der Waals surface area contributed by atoms with E-state index in [2.05, 4.69) is 15.5 Å². The van der Waals surface area contributed by atoms with Crippen LogP contribution in [0.15, 0.2) is 28.4 Å². The van der Waals surface area contributed by atoms with Gasteiger partial charge in [-0.05, 0) is 12.1 Å². The largest absolute Gasteiger partial charge is 0.496 e. The zero-order valence-electron chi connectivity index (χ0n) is 12.7. The van der Waals surface area contributed by atoms with Crippen molar-refractivity contribution in [2.24, 2.45) is 27.1 Å². The van der Waals surface area contributed by atoms with E-state index in [1.54, 1.807) is 18.2 Å². The van der Waals surface area contributed by atoms with Crippen molar-refractivity contribution in [3.05, 3.63) is 23.8 Å². The molecule has 7 nitrogen and oxygen atoms in total. The van der Waals surface area contributed by atoms with Crippen molar-refractivity contribution in [3.63, 3.8) is 0 Å². The summed E-state index contributed by atoms with van der Waals surface area (Å²) in [7, 11) is 1.53. The molecule has 21 heavy (non-hydrogen) atoms. The Labute approximate surface area is 124 Å². The number of amides is 1. The number of nitrogens with zero attached hydrogens (tertiary/aromatic N) is 2. The molecule has 1 aromatic carbocycles. The SMILES string of the molecule is COc1cccc(NC(=O)C(C)(C)C)c1C=NN=C(N)N. The van der Waals surface area contributed by atoms with Crippen LogP contribution in [0.1, 0.15) is 26.3 Å². The highest BCUT2D eigenvalue weighted by molar-refractivity contribution is 6.01. The minimum Gasteiger partial charge on any atom is -0.496 e. The molecule has 0 fully saturated rings. The lowest BCUT2D eigenvalue weighted by Crippen LogP contribution is -2.28. The van der Waals surface area contributed by atoms with Crippen LogP contribution < -0.4 is 21.5 Å². The Morgan fingerprint density at radius 2 is 2.00 bits per heavy atom. The molecule has 0 bridgehead atoms. The summed E-state index contributed by atoms with van der Waals surface area (Å²) in [5.41, 5.74) is 11.1. The van der Waals surface area contributed by atoms with Crippen LogP contribution in [0.5, 0.6) is 5.75 Å². The van der Waals surface area contributed by atoms with Gasteiger partial charge in [-0.3, -0.25) is 4.79 Å². The molecule has 0 heterocycles. The highest BCUT2D eigenvalue weighted by atomic mass is 16.5. The second-order valence-electron chi connectivity index (χ2n) is 5.40. The third-order valence-electron chi connectivity index (χ3n) is 2.58. The number of ether oxygens (including phenoxy) is 1. The fraction of sp³-hybridized carbons (Fsp3) is 0.357. The Hall–Kier alpha value is -2.57. The number of anilines is 1. The van der Waals surface area contributed by atoms with Gasteiger partial charge in [-0.1, -0.05) is 26.8 Å². The number of benzene rings is 1. The van der Waals surface area contributed by atoms with Crippen LogP contribution in [-0.2, 0) is 4.79 Å². The molecule has 0 spiro atoms. The topological polar surface area (TPSA) is 115 Å². The standard InChI is InChI=1S/C14H21N5O2/c1-14(2,3)12(20)18-10-6-5-7-11(21-4)9(10)8-17-19-13(15)16/h5-8H,1-4H3,(H,18,20)(H4,15,16,19). The summed E-state index contributed by atoms with van der Waals surface area (Å²) in [4.78, 5) is 12.1. The molecule has 1 amide bonds. The van der Waals surface area contributed by atoms with Gasteiger partial charge in [-0.15, -0.1) is 5.10 Å². The number of nitrogens with one attached hydrogen (secondary N) is 1. The van der Waals surface area contributed by atoms with Gasteiger partial charge in [0, 0.05) is 5.41 Å². The lowest BCUT2D eigenvalue weighted by atomic mass is 9.95. The summed E-state index contributed by atoms with van der Waals surface area (Å²) >= 11 is 0. The monoisotopic (exact) mass is 291 g/mol. The fourth-order valence-electron chi connectivity index (χ4n) is 1.43. The van der Waals surface area contributed by atoms with Crippen LogP contribution in [0, 0.1) is 5.41 Å². The van der Waals surface area contributed by atoms with Crippen molar-refractivity contribution in [2.75, 3.05) is 12.4 Å². The Morgan fingerprint density at radius 3 is 2.52 bits per heavy atom. The first kappa shape index (κ1) is 16.5. The molecule has 0 saturated heterocycles. The van der Waals surface area contributed by atoms with Gasteiger partial charge in [-0.2, -0.15) is 5.10 Å². The van der Waals surface area contributed by atoms with E-state index < -0.39 is 5.41 Å².